The van der Waals surface area contributed by atoms with Crippen molar-refractivity contribution < 1.29 is 22.7 Å². The molecule has 1 aromatic heterocycles. The van der Waals surface area contributed by atoms with Gasteiger partial charge in [-0.25, -0.2) is 9.89 Å². The number of carbonyl (C=O) groups is 1. The Morgan fingerprint density at radius 2 is 1.86 bits per heavy atom. The maximum Gasteiger partial charge on any atom is 0.416 e. The molecule has 5 nitrogen and oxygen atoms in total. The summed E-state index contributed by atoms with van der Waals surface area (Å²) < 4.78 is 41.8. The molecule has 0 bridgehead atoms. The largest absolute Gasteiger partial charge is 0.465 e. The van der Waals surface area contributed by atoms with Crippen molar-refractivity contribution in [3.8, 4) is 11.3 Å². The number of aromatic nitrogens is 2. The van der Waals surface area contributed by atoms with Crippen LogP contribution in [0.2, 0.25) is 0 Å². The van der Waals surface area contributed by atoms with E-state index in [-0.39, 0.29) is 11.3 Å². The standard InChI is InChI=1S/C13H9F3N2O3/c1-21-12(20)9-6-10(17-18-11(9)19)7-2-4-8(5-3-7)13(14,15)16/h2-6H,1H3,(H,18,19). The highest BCUT2D eigenvalue weighted by Crippen LogP contribution is 2.30. The van der Waals surface area contributed by atoms with Crippen LogP contribution in [0, 0.1) is 0 Å². The molecule has 8 heteroatoms. The molecule has 0 amide bonds. The van der Waals surface area contributed by atoms with Crippen molar-refractivity contribution in [2.75, 3.05) is 7.11 Å². The number of aromatic amines is 1. The summed E-state index contributed by atoms with van der Waals surface area (Å²) in [5.41, 5.74) is -1.34. The Kier molecular flexibility index (Phi) is 3.79. The number of benzene rings is 1. The SMILES string of the molecule is COC(=O)c1cc(-c2ccc(C(F)(F)F)cc2)n[nH]c1=O. The van der Waals surface area contributed by atoms with Gasteiger partial charge in [0, 0.05) is 5.56 Å². The molecular formula is C13H9F3N2O3. The Morgan fingerprint density at radius 3 is 2.38 bits per heavy atom. The maximum atomic E-state index is 12.5. The molecule has 2 rings (SSSR count). The Hall–Kier alpha value is -2.64. The van der Waals surface area contributed by atoms with Crippen molar-refractivity contribution in [2.24, 2.45) is 0 Å². The highest BCUT2D eigenvalue weighted by atomic mass is 19.4. The molecule has 0 unspecified atom stereocenters. The summed E-state index contributed by atoms with van der Waals surface area (Å²) in [4.78, 5) is 22.8. The summed E-state index contributed by atoms with van der Waals surface area (Å²) in [6, 6.07) is 5.34. The van der Waals surface area contributed by atoms with E-state index in [1.54, 1.807) is 0 Å². The molecule has 1 aromatic carbocycles. The molecule has 2 aromatic rings. The predicted molar refractivity (Wildman–Crippen MR) is 66.6 cm³/mol. The highest BCUT2D eigenvalue weighted by Gasteiger charge is 2.30. The first-order valence-corrected chi connectivity index (χ1v) is 5.68. The molecule has 110 valence electrons. The van der Waals surface area contributed by atoms with Crippen molar-refractivity contribution in [3.05, 3.63) is 51.8 Å². The molecule has 0 saturated heterocycles. The van der Waals surface area contributed by atoms with Gasteiger partial charge in [-0.2, -0.15) is 18.3 Å². The zero-order valence-electron chi connectivity index (χ0n) is 10.7. The number of ether oxygens (including phenoxy) is 1. The molecule has 0 aliphatic carbocycles. The molecule has 0 radical (unpaired) electrons. The monoisotopic (exact) mass is 298 g/mol. The first-order valence-electron chi connectivity index (χ1n) is 5.68. The Balaban J connectivity index is 2.43. The van der Waals surface area contributed by atoms with Gasteiger partial charge in [-0.05, 0) is 18.2 Å². The van der Waals surface area contributed by atoms with Crippen LogP contribution in [0.5, 0.6) is 0 Å². The molecule has 0 fully saturated rings. The molecule has 1 heterocycles. The first kappa shape index (κ1) is 14.8. The lowest BCUT2D eigenvalue weighted by atomic mass is 10.1. The average Bonchev–Trinajstić information content (AvgIpc) is 2.46. The van der Waals surface area contributed by atoms with Crippen LogP contribution in [0.4, 0.5) is 13.2 Å². The van der Waals surface area contributed by atoms with E-state index in [1.165, 1.54) is 12.1 Å². The number of methoxy groups -OCH3 is 1. The van der Waals surface area contributed by atoms with Crippen molar-refractivity contribution in [1.82, 2.24) is 10.2 Å². The molecule has 1 N–H and O–H groups in total. The van der Waals surface area contributed by atoms with Crippen LogP contribution in [0.25, 0.3) is 11.3 Å². The van der Waals surface area contributed by atoms with E-state index in [1.807, 2.05) is 0 Å². The van der Waals surface area contributed by atoms with E-state index in [4.69, 9.17) is 0 Å². The quantitative estimate of drug-likeness (QED) is 0.863. The lowest BCUT2D eigenvalue weighted by molar-refractivity contribution is -0.137. The number of nitrogens with zero attached hydrogens (tertiary/aromatic N) is 1. The minimum absolute atomic E-state index is 0.156. The predicted octanol–water partition coefficient (Wildman–Crippen LogP) is 2.24. The van der Waals surface area contributed by atoms with Crippen LogP contribution in [0.15, 0.2) is 35.1 Å². The summed E-state index contributed by atoms with van der Waals surface area (Å²) in [5.74, 6) is -0.855. The van der Waals surface area contributed by atoms with Crippen LogP contribution in [0.1, 0.15) is 15.9 Å². The van der Waals surface area contributed by atoms with Crippen LogP contribution < -0.4 is 5.56 Å². The van der Waals surface area contributed by atoms with Gasteiger partial charge in [-0.15, -0.1) is 0 Å². The Bertz CT molecular complexity index is 721. The number of rotatable bonds is 2. The molecule has 0 aliphatic heterocycles. The smallest absolute Gasteiger partial charge is 0.416 e. The maximum absolute atomic E-state index is 12.5. The van der Waals surface area contributed by atoms with Crippen LogP contribution in [0.3, 0.4) is 0 Å². The number of esters is 1. The molecular weight excluding hydrogens is 289 g/mol. The zero-order valence-corrected chi connectivity index (χ0v) is 10.7. The number of hydrogen-bond donors (Lipinski definition) is 1. The van der Waals surface area contributed by atoms with E-state index < -0.39 is 23.3 Å². The number of carbonyl (C=O) groups excluding carboxylic acids is 1. The van der Waals surface area contributed by atoms with Gasteiger partial charge in [0.1, 0.15) is 5.56 Å². The number of hydrogen-bond acceptors (Lipinski definition) is 4. The second kappa shape index (κ2) is 5.39. The third-order valence-corrected chi connectivity index (χ3v) is 2.72. The second-order valence-corrected chi connectivity index (χ2v) is 4.06. The van der Waals surface area contributed by atoms with E-state index in [9.17, 15) is 22.8 Å². The lowest BCUT2D eigenvalue weighted by Gasteiger charge is -2.07. The topological polar surface area (TPSA) is 72.0 Å². The second-order valence-electron chi connectivity index (χ2n) is 4.06. The normalized spacial score (nSPS) is 11.2. The fourth-order valence-electron chi connectivity index (χ4n) is 1.65. The van der Waals surface area contributed by atoms with Gasteiger partial charge >= 0.3 is 12.1 Å². The number of nitrogens with one attached hydrogen (secondary N) is 1. The Morgan fingerprint density at radius 1 is 1.24 bits per heavy atom. The van der Waals surface area contributed by atoms with Gasteiger partial charge in [0.25, 0.3) is 5.56 Å². The van der Waals surface area contributed by atoms with Crippen molar-refractivity contribution >= 4 is 5.97 Å². The van der Waals surface area contributed by atoms with Crippen molar-refractivity contribution in [1.29, 1.82) is 0 Å². The molecule has 0 spiro atoms. The first-order chi connectivity index (χ1) is 9.82. The van der Waals surface area contributed by atoms with Gasteiger partial charge in [0.05, 0.1) is 18.4 Å². The van der Waals surface area contributed by atoms with E-state index in [2.05, 4.69) is 14.9 Å². The van der Waals surface area contributed by atoms with Gasteiger partial charge in [-0.3, -0.25) is 4.79 Å². The minimum Gasteiger partial charge on any atom is -0.465 e. The minimum atomic E-state index is -4.44. The highest BCUT2D eigenvalue weighted by molar-refractivity contribution is 5.89. The van der Waals surface area contributed by atoms with Crippen molar-refractivity contribution in [2.45, 2.75) is 6.18 Å². The van der Waals surface area contributed by atoms with E-state index in [0.29, 0.717) is 5.56 Å². The summed E-state index contributed by atoms with van der Waals surface area (Å²) in [6.45, 7) is 0. The molecule has 0 atom stereocenters. The zero-order chi connectivity index (χ0) is 15.6. The van der Waals surface area contributed by atoms with Gasteiger partial charge in [0.15, 0.2) is 0 Å². The summed E-state index contributed by atoms with van der Waals surface area (Å²) in [5, 5.41) is 5.79. The third-order valence-electron chi connectivity index (χ3n) is 2.72. The number of halogens is 3. The number of H-pyrrole nitrogens is 1. The molecule has 21 heavy (non-hydrogen) atoms. The van der Waals surface area contributed by atoms with Crippen LogP contribution in [-0.4, -0.2) is 23.3 Å². The molecule has 0 aliphatic rings. The summed E-state index contributed by atoms with van der Waals surface area (Å²) in [7, 11) is 1.11. The van der Waals surface area contributed by atoms with Gasteiger partial charge in [0.2, 0.25) is 0 Å². The molecule has 0 saturated carbocycles. The summed E-state index contributed by atoms with van der Waals surface area (Å²) >= 11 is 0. The Labute approximate surface area is 116 Å². The third kappa shape index (κ3) is 3.10. The van der Waals surface area contributed by atoms with E-state index in [0.717, 1.165) is 25.3 Å². The fraction of sp³-hybridized carbons (Fsp3) is 0.154. The van der Waals surface area contributed by atoms with Crippen LogP contribution >= 0.6 is 0 Å². The van der Waals surface area contributed by atoms with Gasteiger partial charge in [-0.1, -0.05) is 12.1 Å². The lowest BCUT2D eigenvalue weighted by Crippen LogP contribution is -2.20. The summed E-state index contributed by atoms with van der Waals surface area (Å²) in [6.07, 6.45) is -4.44. The average molecular weight is 298 g/mol. The van der Waals surface area contributed by atoms with E-state index >= 15 is 0 Å². The number of alkyl halides is 3. The van der Waals surface area contributed by atoms with Crippen molar-refractivity contribution in [3.63, 3.8) is 0 Å². The van der Waals surface area contributed by atoms with Crippen LogP contribution in [-0.2, 0) is 10.9 Å². The van der Waals surface area contributed by atoms with Gasteiger partial charge < -0.3 is 4.74 Å². The fourth-order valence-corrected chi connectivity index (χ4v) is 1.65.